The number of aryl methyl sites for hydroxylation is 1. The number of H-pyrrole nitrogens is 1. The molecule has 0 unspecified atom stereocenters. The van der Waals surface area contributed by atoms with Gasteiger partial charge in [0.05, 0.1) is 5.69 Å². The molecule has 3 heterocycles. The number of likely N-dealkylation sites (tertiary alicyclic amines) is 2. The largest absolute Gasteiger partial charge is 0.340 e. The Balaban J connectivity index is 1.54. The molecule has 4 rings (SSSR count). The van der Waals surface area contributed by atoms with E-state index in [-0.39, 0.29) is 17.0 Å². The van der Waals surface area contributed by atoms with E-state index in [0.717, 1.165) is 63.9 Å². The summed E-state index contributed by atoms with van der Waals surface area (Å²) in [5.74, 6) is 1.16. The summed E-state index contributed by atoms with van der Waals surface area (Å²) in [7, 11) is 0. The van der Waals surface area contributed by atoms with Gasteiger partial charge in [-0.05, 0) is 58.5 Å². The van der Waals surface area contributed by atoms with E-state index in [1.807, 2.05) is 6.92 Å². The Kier molecular flexibility index (Phi) is 4.86. The van der Waals surface area contributed by atoms with Gasteiger partial charge in [-0.3, -0.25) is 14.5 Å². The number of hydrogen-bond acceptors (Lipinski definition) is 4. The maximum atomic E-state index is 13.6. The molecular weight excluding hydrogens is 328 g/mol. The van der Waals surface area contributed by atoms with Gasteiger partial charge >= 0.3 is 0 Å². The Morgan fingerprint density at radius 3 is 2.58 bits per heavy atom. The molecule has 1 aromatic heterocycles. The number of piperidine rings is 1. The van der Waals surface area contributed by atoms with Gasteiger partial charge in [0.1, 0.15) is 11.4 Å². The molecule has 0 bridgehead atoms. The summed E-state index contributed by atoms with van der Waals surface area (Å²) in [5.41, 5.74) is 0.487. The Hall–Kier alpha value is -1.69. The first-order valence-corrected chi connectivity index (χ1v) is 10.2. The topological polar surface area (TPSA) is 69.3 Å². The monoisotopic (exact) mass is 358 g/mol. The Morgan fingerprint density at radius 2 is 1.88 bits per heavy atom. The van der Waals surface area contributed by atoms with Gasteiger partial charge < -0.3 is 9.88 Å². The molecular formula is C20H30N4O2. The van der Waals surface area contributed by atoms with Crippen molar-refractivity contribution in [2.45, 2.75) is 69.7 Å². The van der Waals surface area contributed by atoms with Gasteiger partial charge in [0.15, 0.2) is 0 Å². The summed E-state index contributed by atoms with van der Waals surface area (Å²) in [6.45, 7) is 5.49. The number of nitrogens with one attached hydrogen (secondary N) is 1. The number of aromatic nitrogens is 2. The zero-order chi connectivity index (χ0) is 18.1. The molecule has 26 heavy (non-hydrogen) atoms. The van der Waals surface area contributed by atoms with Crippen LogP contribution in [0.15, 0.2) is 10.9 Å². The molecule has 1 aliphatic carbocycles. The van der Waals surface area contributed by atoms with Gasteiger partial charge in [-0.2, -0.15) is 0 Å². The smallest absolute Gasteiger partial charge is 0.251 e. The first-order valence-electron chi connectivity index (χ1n) is 10.2. The van der Waals surface area contributed by atoms with E-state index in [9.17, 15) is 9.59 Å². The summed E-state index contributed by atoms with van der Waals surface area (Å²) in [6, 6.07) is 1.61. The van der Waals surface area contributed by atoms with Crippen molar-refractivity contribution in [2.24, 2.45) is 0 Å². The lowest BCUT2D eigenvalue weighted by Gasteiger charge is -2.43. The lowest BCUT2D eigenvalue weighted by atomic mass is 9.89. The Bertz CT molecular complexity index is 717. The highest BCUT2D eigenvalue weighted by molar-refractivity contribution is 5.87. The third-order valence-corrected chi connectivity index (χ3v) is 6.55. The highest BCUT2D eigenvalue weighted by Gasteiger charge is 2.49. The second-order valence-electron chi connectivity index (χ2n) is 8.28. The highest BCUT2D eigenvalue weighted by atomic mass is 16.2. The fourth-order valence-corrected chi connectivity index (χ4v) is 5.28. The predicted octanol–water partition coefficient (Wildman–Crippen LogP) is 2.19. The van der Waals surface area contributed by atoms with Crippen LogP contribution >= 0.6 is 0 Å². The number of rotatable bonds is 3. The van der Waals surface area contributed by atoms with Crippen LogP contribution in [0.2, 0.25) is 0 Å². The molecule has 2 saturated heterocycles. The third kappa shape index (κ3) is 3.20. The molecule has 6 heteroatoms. The van der Waals surface area contributed by atoms with Crippen LogP contribution in [0.4, 0.5) is 0 Å². The molecule has 1 saturated carbocycles. The number of amides is 1. The summed E-state index contributed by atoms with van der Waals surface area (Å²) >= 11 is 0. The minimum absolute atomic E-state index is 0.0970. The summed E-state index contributed by atoms with van der Waals surface area (Å²) in [5, 5.41) is 0. The molecule has 6 nitrogen and oxygen atoms in total. The Morgan fingerprint density at radius 1 is 1.15 bits per heavy atom. The minimum Gasteiger partial charge on any atom is -0.340 e. The van der Waals surface area contributed by atoms with Crippen LogP contribution in [0.1, 0.15) is 68.8 Å². The van der Waals surface area contributed by atoms with E-state index in [4.69, 9.17) is 0 Å². The number of carbonyl (C=O) groups excluding carboxylic acids is 1. The van der Waals surface area contributed by atoms with Crippen molar-refractivity contribution in [3.63, 3.8) is 0 Å². The average Bonchev–Trinajstić information content (AvgIpc) is 3.32. The molecule has 3 fully saturated rings. The quantitative estimate of drug-likeness (QED) is 0.899. The fourth-order valence-electron chi connectivity index (χ4n) is 5.28. The molecule has 1 aromatic rings. The van der Waals surface area contributed by atoms with Gasteiger partial charge in [-0.1, -0.05) is 12.8 Å². The molecule has 2 aliphatic heterocycles. The van der Waals surface area contributed by atoms with Crippen LogP contribution in [0, 0.1) is 6.92 Å². The summed E-state index contributed by atoms with van der Waals surface area (Å²) in [6.07, 6.45) is 8.76. The van der Waals surface area contributed by atoms with Gasteiger partial charge in [-0.15, -0.1) is 0 Å². The molecule has 1 atom stereocenters. The van der Waals surface area contributed by atoms with Crippen molar-refractivity contribution in [2.75, 3.05) is 26.2 Å². The molecule has 142 valence electrons. The van der Waals surface area contributed by atoms with Crippen molar-refractivity contribution in [3.05, 3.63) is 27.9 Å². The molecule has 0 spiro atoms. The van der Waals surface area contributed by atoms with Crippen LogP contribution in [0.3, 0.4) is 0 Å². The van der Waals surface area contributed by atoms with E-state index in [1.54, 1.807) is 6.07 Å². The van der Waals surface area contributed by atoms with Crippen molar-refractivity contribution in [3.8, 4) is 0 Å². The van der Waals surface area contributed by atoms with Crippen molar-refractivity contribution >= 4 is 5.91 Å². The first kappa shape index (κ1) is 17.7. The maximum Gasteiger partial charge on any atom is 0.251 e. The van der Waals surface area contributed by atoms with Crippen molar-refractivity contribution in [1.82, 2.24) is 19.8 Å². The molecule has 3 aliphatic rings. The van der Waals surface area contributed by atoms with Crippen LogP contribution in [0.25, 0.3) is 0 Å². The molecule has 0 aromatic carbocycles. The second kappa shape index (κ2) is 7.14. The van der Waals surface area contributed by atoms with Gasteiger partial charge in [-0.25, -0.2) is 4.98 Å². The summed E-state index contributed by atoms with van der Waals surface area (Å²) < 4.78 is 0. The number of aromatic amines is 1. The Labute approximate surface area is 155 Å². The minimum atomic E-state index is -0.254. The van der Waals surface area contributed by atoms with E-state index < -0.39 is 0 Å². The van der Waals surface area contributed by atoms with Crippen LogP contribution in [0.5, 0.6) is 0 Å². The van der Waals surface area contributed by atoms with E-state index in [2.05, 4.69) is 19.8 Å². The SMILES string of the molecule is Cc1nc([C@H]2CCCN(C(=O)C3(N4CCCC4)CCCC3)C2)cc(=O)[nH]1. The van der Waals surface area contributed by atoms with E-state index in [0.29, 0.717) is 18.3 Å². The lowest BCUT2D eigenvalue weighted by Crippen LogP contribution is -2.58. The highest BCUT2D eigenvalue weighted by Crippen LogP contribution is 2.40. The standard InChI is InChI=1S/C20H30N4O2/c1-15-21-17(13-18(25)22-15)16-7-6-10-23(14-16)19(26)20(8-2-3-9-20)24-11-4-5-12-24/h13,16H,2-12,14H2,1H3,(H,21,22,25)/t16-/m0/s1. The number of nitrogens with zero attached hydrogens (tertiary/aromatic N) is 3. The molecule has 0 radical (unpaired) electrons. The van der Waals surface area contributed by atoms with Crippen LogP contribution < -0.4 is 5.56 Å². The van der Waals surface area contributed by atoms with Crippen LogP contribution in [-0.2, 0) is 4.79 Å². The fraction of sp³-hybridized carbons (Fsp3) is 0.750. The first-order chi connectivity index (χ1) is 12.6. The van der Waals surface area contributed by atoms with Gasteiger partial charge in [0.25, 0.3) is 5.56 Å². The zero-order valence-electron chi connectivity index (χ0n) is 15.8. The number of carbonyl (C=O) groups is 1. The van der Waals surface area contributed by atoms with Crippen molar-refractivity contribution < 1.29 is 4.79 Å². The van der Waals surface area contributed by atoms with Crippen LogP contribution in [-0.4, -0.2) is 57.4 Å². The molecule has 1 N–H and O–H groups in total. The van der Waals surface area contributed by atoms with Gasteiger partial charge in [0.2, 0.25) is 5.91 Å². The van der Waals surface area contributed by atoms with Gasteiger partial charge in [0, 0.05) is 25.1 Å². The maximum absolute atomic E-state index is 13.6. The zero-order valence-corrected chi connectivity index (χ0v) is 15.8. The lowest BCUT2D eigenvalue weighted by molar-refractivity contribution is -0.145. The number of hydrogen-bond donors (Lipinski definition) is 1. The predicted molar refractivity (Wildman–Crippen MR) is 100 cm³/mol. The normalized spacial score (nSPS) is 26.3. The third-order valence-electron chi connectivity index (χ3n) is 6.55. The molecule has 1 amide bonds. The second-order valence-corrected chi connectivity index (χ2v) is 8.28. The van der Waals surface area contributed by atoms with E-state index >= 15 is 0 Å². The summed E-state index contributed by atoms with van der Waals surface area (Å²) in [4.78, 5) is 37.2. The van der Waals surface area contributed by atoms with E-state index in [1.165, 1.54) is 12.8 Å². The average molecular weight is 358 g/mol. The van der Waals surface area contributed by atoms with Crippen molar-refractivity contribution in [1.29, 1.82) is 0 Å².